The van der Waals surface area contributed by atoms with E-state index in [2.05, 4.69) is 9.97 Å². The third kappa shape index (κ3) is 4.80. The van der Waals surface area contributed by atoms with Crippen molar-refractivity contribution in [1.29, 1.82) is 0 Å². The van der Waals surface area contributed by atoms with Gasteiger partial charge in [0.2, 0.25) is 0 Å². The van der Waals surface area contributed by atoms with Crippen LogP contribution in [0.15, 0.2) is 57.2 Å². The van der Waals surface area contributed by atoms with Crippen LogP contribution >= 0.6 is 46.2 Å². The summed E-state index contributed by atoms with van der Waals surface area (Å²) in [7, 11) is 0. The summed E-state index contributed by atoms with van der Waals surface area (Å²) in [5.74, 6) is -1.12. The fraction of sp³-hybridized carbons (Fsp3) is 0.200. The second-order valence-electron chi connectivity index (χ2n) is 6.16. The number of hydrogen-bond donors (Lipinski definition) is 0. The first-order chi connectivity index (χ1) is 14.0. The van der Waals surface area contributed by atoms with Crippen LogP contribution in [0.1, 0.15) is 13.8 Å². The molecule has 2 unspecified atom stereocenters. The number of fused-ring (bicyclic) bond motifs is 2. The van der Waals surface area contributed by atoms with Crippen molar-refractivity contribution in [2.45, 2.75) is 33.0 Å². The third-order valence-electron chi connectivity index (χ3n) is 3.97. The molecule has 2 atom stereocenters. The second-order valence-corrected chi connectivity index (χ2v) is 11.4. The minimum atomic E-state index is -0.559. The predicted molar refractivity (Wildman–Crippen MR) is 121 cm³/mol. The molecule has 2 aromatic heterocycles. The van der Waals surface area contributed by atoms with Gasteiger partial charge in [0.05, 0.1) is 20.4 Å². The molecule has 0 aliphatic rings. The summed E-state index contributed by atoms with van der Waals surface area (Å²) in [6.45, 7) is 3.44. The first-order valence-electron chi connectivity index (χ1n) is 8.79. The standard InChI is InChI=1S/C20H16N2O3S4/c1-11(26-19-21-13-7-3-5-9-15(13)28-19)17(23)25-18(24)12(2)27-20-22-14-8-4-6-10-16(14)29-20/h3-12H,1-2H3. The highest BCUT2D eigenvalue weighted by atomic mass is 32.2. The molecule has 0 radical (unpaired) electrons. The fourth-order valence-corrected chi connectivity index (χ4v) is 6.85. The molecule has 0 aliphatic carbocycles. The lowest BCUT2D eigenvalue weighted by Crippen LogP contribution is -2.26. The van der Waals surface area contributed by atoms with E-state index in [0.29, 0.717) is 0 Å². The highest BCUT2D eigenvalue weighted by Crippen LogP contribution is 2.34. The number of benzene rings is 2. The maximum atomic E-state index is 12.4. The van der Waals surface area contributed by atoms with Crippen LogP contribution < -0.4 is 0 Å². The van der Waals surface area contributed by atoms with Gasteiger partial charge in [0, 0.05) is 0 Å². The number of hydrogen-bond acceptors (Lipinski definition) is 9. The van der Waals surface area contributed by atoms with E-state index < -0.39 is 22.4 Å². The molecule has 4 rings (SSSR count). The number of rotatable bonds is 6. The first kappa shape index (κ1) is 20.3. The van der Waals surface area contributed by atoms with Crippen molar-refractivity contribution in [3.8, 4) is 0 Å². The minimum Gasteiger partial charge on any atom is -0.391 e. The Balaban J connectivity index is 1.34. The number of thioether (sulfide) groups is 2. The predicted octanol–water partition coefficient (Wildman–Crippen LogP) is 5.64. The molecule has 0 fully saturated rings. The summed E-state index contributed by atoms with van der Waals surface area (Å²) in [5, 5.41) is -1.06. The molecule has 0 spiro atoms. The summed E-state index contributed by atoms with van der Waals surface area (Å²) < 4.78 is 8.78. The molecule has 29 heavy (non-hydrogen) atoms. The monoisotopic (exact) mass is 460 g/mol. The largest absolute Gasteiger partial charge is 0.391 e. The molecule has 2 heterocycles. The van der Waals surface area contributed by atoms with Crippen molar-refractivity contribution < 1.29 is 14.3 Å². The SMILES string of the molecule is CC(Sc1nc2ccccc2s1)C(=O)OC(=O)C(C)Sc1nc2ccccc2s1. The van der Waals surface area contributed by atoms with Gasteiger partial charge in [0.15, 0.2) is 8.68 Å². The number of para-hydroxylation sites is 2. The lowest BCUT2D eigenvalue weighted by molar-refractivity contribution is -0.158. The molecule has 0 amide bonds. The smallest absolute Gasteiger partial charge is 0.326 e. The van der Waals surface area contributed by atoms with Crippen LogP contribution in [0.25, 0.3) is 20.4 Å². The van der Waals surface area contributed by atoms with Crippen molar-refractivity contribution in [3.63, 3.8) is 0 Å². The van der Waals surface area contributed by atoms with Gasteiger partial charge >= 0.3 is 11.9 Å². The molecule has 4 aromatic rings. The van der Waals surface area contributed by atoms with Crippen molar-refractivity contribution in [1.82, 2.24) is 9.97 Å². The van der Waals surface area contributed by atoms with E-state index >= 15 is 0 Å². The Morgan fingerprint density at radius 3 is 1.62 bits per heavy atom. The topological polar surface area (TPSA) is 69.2 Å². The Kier molecular flexibility index (Phi) is 6.19. The van der Waals surface area contributed by atoms with Crippen molar-refractivity contribution >= 4 is 78.6 Å². The Morgan fingerprint density at radius 2 is 1.21 bits per heavy atom. The highest BCUT2D eigenvalue weighted by molar-refractivity contribution is 8.02. The number of carbonyl (C=O) groups excluding carboxylic acids is 2. The molecular weight excluding hydrogens is 444 g/mol. The van der Waals surface area contributed by atoms with Gasteiger partial charge in [-0.2, -0.15) is 0 Å². The van der Waals surface area contributed by atoms with Gasteiger partial charge in [-0.25, -0.2) is 9.97 Å². The van der Waals surface area contributed by atoms with Crippen molar-refractivity contribution in [3.05, 3.63) is 48.5 Å². The maximum Gasteiger partial charge on any atom is 0.326 e. The Morgan fingerprint density at radius 1 is 0.793 bits per heavy atom. The van der Waals surface area contributed by atoms with Crippen LogP contribution in [0, 0.1) is 0 Å². The van der Waals surface area contributed by atoms with E-state index in [-0.39, 0.29) is 0 Å². The molecule has 0 bridgehead atoms. The van der Waals surface area contributed by atoms with Crippen LogP contribution in [0.4, 0.5) is 0 Å². The molecule has 0 saturated carbocycles. The zero-order valence-electron chi connectivity index (χ0n) is 15.5. The van der Waals surface area contributed by atoms with E-state index in [1.165, 1.54) is 46.2 Å². The van der Waals surface area contributed by atoms with Gasteiger partial charge < -0.3 is 4.74 Å². The van der Waals surface area contributed by atoms with Gasteiger partial charge in [-0.15, -0.1) is 22.7 Å². The Hall–Kier alpha value is -1.94. The summed E-state index contributed by atoms with van der Waals surface area (Å²) in [4.78, 5) is 33.7. The molecule has 9 heteroatoms. The lowest BCUT2D eigenvalue weighted by atomic mass is 10.3. The van der Waals surface area contributed by atoms with E-state index in [0.717, 1.165) is 29.1 Å². The van der Waals surface area contributed by atoms with Gasteiger partial charge in [-0.3, -0.25) is 9.59 Å². The number of nitrogens with zero attached hydrogens (tertiary/aromatic N) is 2. The van der Waals surface area contributed by atoms with E-state index in [4.69, 9.17) is 4.74 Å². The van der Waals surface area contributed by atoms with Crippen LogP contribution in [-0.2, 0) is 14.3 Å². The molecule has 0 saturated heterocycles. The molecule has 5 nitrogen and oxygen atoms in total. The quantitative estimate of drug-likeness (QED) is 0.210. The van der Waals surface area contributed by atoms with Gasteiger partial charge in [0.1, 0.15) is 10.5 Å². The normalized spacial score (nSPS) is 13.4. The van der Waals surface area contributed by atoms with Crippen molar-refractivity contribution in [2.24, 2.45) is 0 Å². The van der Waals surface area contributed by atoms with E-state index in [1.54, 1.807) is 13.8 Å². The molecule has 2 aromatic carbocycles. The molecule has 148 valence electrons. The average Bonchev–Trinajstić information content (AvgIpc) is 3.30. The summed E-state index contributed by atoms with van der Waals surface area (Å²) >= 11 is 5.64. The zero-order valence-corrected chi connectivity index (χ0v) is 18.8. The Labute approximate surface area is 183 Å². The summed E-state index contributed by atoms with van der Waals surface area (Å²) in [5.41, 5.74) is 1.80. The number of ether oxygens (including phenoxy) is 1. The molecule has 0 N–H and O–H groups in total. The highest BCUT2D eigenvalue weighted by Gasteiger charge is 2.25. The molecular formula is C20H16N2O3S4. The summed E-state index contributed by atoms with van der Waals surface area (Å²) in [6.07, 6.45) is 0. The number of thiazole rings is 2. The van der Waals surface area contributed by atoms with E-state index in [1.807, 2.05) is 48.5 Å². The Bertz CT molecular complexity index is 1030. The van der Waals surface area contributed by atoms with Crippen LogP contribution in [0.3, 0.4) is 0 Å². The first-order valence-corrected chi connectivity index (χ1v) is 12.2. The fourth-order valence-electron chi connectivity index (χ4n) is 2.47. The number of aromatic nitrogens is 2. The van der Waals surface area contributed by atoms with Crippen LogP contribution in [-0.4, -0.2) is 32.4 Å². The summed E-state index contributed by atoms with van der Waals surface area (Å²) in [6, 6.07) is 15.6. The van der Waals surface area contributed by atoms with Gasteiger partial charge in [-0.05, 0) is 38.1 Å². The van der Waals surface area contributed by atoms with Gasteiger partial charge in [0.25, 0.3) is 0 Å². The third-order valence-corrected chi connectivity index (χ3v) is 8.39. The minimum absolute atomic E-state index is 0.529. The molecule has 0 aliphatic heterocycles. The average molecular weight is 461 g/mol. The number of carbonyl (C=O) groups is 2. The zero-order chi connectivity index (χ0) is 20.4. The van der Waals surface area contributed by atoms with E-state index in [9.17, 15) is 9.59 Å². The van der Waals surface area contributed by atoms with Crippen molar-refractivity contribution in [2.75, 3.05) is 0 Å². The maximum absolute atomic E-state index is 12.4. The van der Waals surface area contributed by atoms with Gasteiger partial charge in [-0.1, -0.05) is 47.8 Å². The van der Waals surface area contributed by atoms with Crippen LogP contribution in [0.5, 0.6) is 0 Å². The lowest BCUT2D eigenvalue weighted by Gasteiger charge is -2.11. The van der Waals surface area contributed by atoms with Crippen LogP contribution in [0.2, 0.25) is 0 Å². The second kappa shape index (κ2) is 8.83. The number of esters is 2.